The number of aryl methyl sites for hydroxylation is 2. The number of nitrogen functional groups attached to an aromatic ring is 1. The summed E-state index contributed by atoms with van der Waals surface area (Å²) in [4.78, 5) is 4.54. The van der Waals surface area contributed by atoms with Crippen molar-refractivity contribution in [2.75, 3.05) is 5.73 Å². The van der Waals surface area contributed by atoms with Crippen LogP contribution in [0.15, 0.2) is 18.2 Å². The highest BCUT2D eigenvalue weighted by Crippen LogP contribution is 2.33. The molecule has 1 aromatic heterocycles. The van der Waals surface area contributed by atoms with E-state index in [1.807, 2.05) is 6.92 Å². The van der Waals surface area contributed by atoms with Crippen LogP contribution >= 0.6 is 11.3 Å². The zero-order valence-electron chi connectivity index (χ0n) is 10.7. The normalized spacial score (nSPS) is 11.1. The molecule has 17 heavy (non-hydrogen) atoms. The van der Waals surface area contributed by atoms with E-state index in [9.17, 15) is 0 Å². The van der Waals surface area contributed by atoms with Crippen molar-refractivity contribution in [1.82, 2.24) is 4.98 Å². The topological polar surface area (TPSA) is 38.9 Å². The molecule has 1 heterocycles. The molecule has 0 radical (unpaired) electrons. The summed E-state index contributed by atoms with van der Waals surface area (Å²) in [5.41, 5.74) is 10.6. The fraction of sp³-hybridized carbons (Fsp3) is 0.357. The summed E-state index contributed by atoms with van der Waals surface area (Å²) in [6.45, 7) is 8.48. The van der Waals surface area contributed by atoms with Crippen LogP contribution in [0.2, 0.25) is 0 Å². The van der Waals surface area contributed by atoms with Crippen LogP contribution in [0.5, 0.6) is 0 Å². The van der Waals surface area contributed by atoms with Crippen LogP contribution < -0.4 is 5.73 Å². The molecule has 0 bridgehead atoms. The number of benzene rings is 1. The Morgan fingerprint density at radius 3 is 2.47 bits per heavy atom. The lowest BCUT2D eigenvalue weighted by Crippen LogP contribution is -1.90. The Morgan fingerprint density at radius 2 is 1.94 bits per heavy atom. The van der Waals surface area contributed by atoms with E-state index in [1.165, 1.54) is 16.7 Å². The van der Waals surface area contributed by atoms with Gasteiger partial charge in [0.15, 0.2) is 0 Å². The largest absolute Gasteiger partial charge is 0.389 e. The first kappa shape index (κ1) is 12.1. The van der Waals surface area contributed by atoms with Crippen molar-refractivity contribution in [3.8, 4) is 10.6 Å². The predicted molar refractivity (Wildman–Crippen MR) is 75.5 cm³/mol. The van der Waals surface area contributed by atoms with E-state index in [4.69, 9.17) is 5.73 Å². The van der Waals surface area contributed by atoms with E-state index in [0.29, 0.717) is 5.92 Å². The highest BCUT2D eigenvalue weighted by Gasteiger charge is 2.11. The van der Waals surface area contributed by atoms with Gasteiger partial charge >= 0.3 is 0 Å². The van der Waals surface area contributed by atoms with Crippen LogP contribution in [0.3, 0.4) is 0 Å². The molecule has 0 aliphatic carbocycles. The average molecular weight is 246 g/mol. The second-order valence-corrected chi connectivity index (χ2v) is 5.73. The summed E-state index contributed by atoms with van der Waals surface area (Å²) >= 11 is 1.57. The van der Waals surface area contributed by atoms with Crippen LogP contribution in [-0.2, 0) is 0 Å². The summed E-state index contributed by atoms with van der Waals surface area (Å²) in [6.07, 6.45) is 0. The zero-order valence-corrected chi connectivity index (χ0v) is 11.6. The van der Waals surface area contributed by atoms with Crippen molar-refractivity contribution in [2.45, 2.75) is 33.6 Å². The average Bonchev–Trinajstić information content (AvgIpc) is 2.59. The van der Waals surface area contributed by atoms with Gasteiger partial charge in [0.1, 0.15) is 10.0 Å². The first-order valence-corrected chi connectivity index (χ1v) is 6.64. The van der Waals surface area contributed by atoms with Crippen molar-refractivity contribution in [3.63, 3.8) is 0 Å². The molecule has 0 spiro atoms. The van der Waals surface area contributed by atoms with Crippen LogP contribution in [0.25, 0.3) is 10.6 Å². The van der Waals surface area contributed by atoms with Gasteiger partial charge in [-0.1, -0.05) is 37.3 Å². The van der Waals surface area contributed by atoms with Gasteiger partial charge in [-0.2, -0.15) is 0 Å². The molecule has 0 saturated heterocycles. The molecule has 3 heteroatoms. The predicted octanol–water partition coefficient (Wildman–Crippen LogP) is 4.13. The molecule has 0 fully saturated rings. The molecule has 2 nitrogen and oxygen atoms in total. The van der Waals surface area contributed by atoms with Gasteiger partial charge in [-0.15, -0.1) is 0 Å². The van der Waals surface area contributed by atoms with E-state index >= 15 is 0 Å². The summed E-state index contributed by atoms with van der Waals surface area (Å²) in [5, 5.41) is 1.84. The molecular weight excluding hydrogens is 228 g/mol. The number of nitrogens with zero attached hydrogens (tertiary/aromatic N) is 1. The maximum absolute atomic E-state index is 5.88. The third kappa shape index (κ3) is 2.34. The number of rotatable bonds is 2. The van der Waals surface area contributed by atoms with Gasteiger partial charge < -0.3 is 5.73 Å². The maximum atomic E-state index is 5.88. The minimum atomic E-state index is 0.535. The fourth-order valence-electron chi connectivity index (χ4n) is 1.75. The Kier molecular flexibility index (Phi) is 3.20. The molecule has 2 N–H and O–H groups in total. The first-order chi connectivity index (χ1) is 7.99. The lowest BCUT2D eigenvalue weighted by molar-refractivity contribution is 0.866. The van der Waals surface area contributed by atoms with E-state index in [-0.39, 0.29) is 0 Å². The highest BCUT2D eigenvalue weighted by atomic mass is 32.1. The molecule has 90 valence electrons. The van der Waals surface area contributed by atoms with Crippen LogP contribution in [0.1, 0.15) is 36.6 Å². The number of hydrogen-bond acceptors (Lipinski definition) is 3. The van der Waals surface area contributed by atoms with E-state index in [2.05, 4.69) is 44.0 Å². The summed E-state index contributed by atoms with van der Waals surface area (Å²) < 4.78 is 0. The minimum Gasteiger partial charge on any atom is -0.389 e. The number of anilines is 1. The summed E-state index contributed by atoms with van der Waals surface area (Å²) in [5.74, 6) is 0.535. The molecule has 0 atom stereocenters. The third-order valence-electron chi connectivity index (χ3n) is 2.99. The number of aromatic nitrogens is 1. The van der Waals surface area contributed by atoms with E-state index in [1.54, 1.807) is 11.3 Å². The molecular formula is C14H18N2S. The van der Waals surface area contributed by atoms with Crippen molar-refractivity contribution < 1.29 is 0 Å². The second kappa shape index (κ2) is 4.49. The molecule has 2 aromatic rings. The highest BCUT2D eigenvalue weighted by molar-refractivity contribution is 7.18. The lowest BCUT2D eigenvalue weighted by Gasteiger charge is -2.09. The van der Waals surface area contributed by atoms with Gasteiger partial charge in [-0.05, 0) is 37.0 Å². The molecule has 1 aromatic carbocycles. The number of nitrogens with two attached hydrogens (primary N) is 1. The Bertz CT molecular complexity index is 522. The third-order valence-corrected chi connectivity index (χ3v) is 4.01. The zero-order chi connectivity index (χ0) is 12.6. The smallest absolute Gasteiger partial charge is 0.125 e. The molecule has 0 amide bonds. The molecule has 0 aliphatic heterocycles. The SMILES string of the molecule is Cc1ccc(C(C)C)cc1-c1nc(C)c(N)s1. The number of thiazole rings is 1. The lowest BCUT2D eigenvalue weighted by atomic mass is 9.98. The quantitative estimate of drug-likeness (QED) is 0.865. The van der Waals surface area contributed by atoms with Gasteiger partial charge in [-0.3, -0.25) is 0 Å². The molecule has 0 unspecified atom stereocenters. The van der Waals surface area contributed by atoms with Crippen molar-refractivity contribution >= 4 is 16.3 Å². The number of hydrogen-bond donors (Lipinski definition) is 1. The Balaban J connectivity index is 2.54. The van der Waals surface area contributed by atoms with Crippen LogP contribution in [-0.4, -0.2) is 4.98 Å². The maximum Gasteiger partial charge on any atom is 0.125 e. The van der Waals surface area contributed by atoms with Gasteiger partial charge in [0.05, 0.1) is 5.69 Å². The van der Waals surface area contributed by atoms with Gasteiger partial charge in [0, 0.05) is 5.56 Å². The van der Waals surface area contributed by atoms with E-state index in [0.717, 1.165) is 15.7 Å². The molecule has 0 saturated carbocycles. The molecule has 2 rings (SSSR count). The summed E-state index contributed by atoms with van der Waals surface area (Å²) in [7, 11) is 0. The van der Waals surface area contributed by atoms with Gasteiger partial charge in [0.25, 0.3) is 0 Å². The van der Waals surface area contributed by atoms with Crippen LogP contribution in [0.4, 0.5) is 5.00 Å². The minimum absolute atomic E-state index is 0.535. The molecule has 0 aliphatic rings. The van der Waals surface area contributed by atoms with Crippen molar-refractivity contribution in [2.24, 2.45) is 0 Å². The van der Waals surface area contributed by atoms with Crippen molar-refractivity contribution in [1.29, 1.82) is 0 Å². The van der Waals surface area contributed by atoms with Gasteiger partial charge in [-0.25, -0.2) is 4.98 Å². The summed E-state index contributed by atoms with van der Waals surface area (Å²) in [6, 6.07) is 6.59. The second-order valence-electron chi connectivity index (χ2n) is 4.70. The Labute approximate surface area is 107 Å². The van der Waals surface area contributed by atoms with Crippen LogP contribution in [0, 0.1) is 13.8 Å². The monoisotopic (exact) mass is 246 g/mol. The Hall–Kier alpha value is -1.35. The standard InChI is InChI=1S/C14H18N2S/c1-8(2)11-6-5-9(3)12(7-11)14-16-10(4)13(15)17-14/h5-8H,15H2,1-4H3. The van der Waals surface area contributed by atoms with E-state index < -0.39 is 0 Å². The Morgan fingerprint density at radius 1 is 1.24 bits per heavy atom. The fourth-order valence-corrected chi connectivity index (χ4v) is 2.67. The van der Waals surface area contributed by atoms with Crippen molar-refractivity contribution in [3.05, 3.63) is 35.0 Å². The first-order valence-electron chi connectivity index (χ1n) is 5.83. The van der Waals surface area contributed by atoms with Gasteiger partial charge in [0.2, 0.25) is 0 Å².